The number of hydrogen-bond donors (Lipinski definition) is 0. The zero-order valence-electron chi connectivity index (χ0n) is 11.1. The molecule has 98 valence electrons. The first-order valence-corrected chi connectivity index (χ1v) is 7.24. The van der Waals surface area contributed by atoms with Gasteiger partial charge in [-0.1, -0.05) is 6.07 Å². The molecule has 1 aliphatic rings. The van der Waals surface area contributed by atoms with E-state index in [4.69, 9.17) is 0 Å². The number of hydrogen-bond acceptors (Lipinski definition) is 2. The molecule has 1 heterocycles. The molecule has 1 saturated heterocycles. The lowest BCUT2D eigenvalue weighted by molar-refractivity contribution is 0.0311. The predicted octanol–water partition coefficient (Wildman–Crippen LogP) is 2.46. The Morgan fingerprint density at radius 2 is 2.06 bits per heavy atom. The third kappa shape index (κ3) is 2.85. The quantitative estimate of drug-likeness (QED) is 0.720. The molecule has 0 N–H and O–H groups in total. The van der Waals surface area contributed by atoms with Crippen molar-refractivity contribution in [2.24, 2.45) is 0 Å². The first-order valence-electron chi connectivity index (χ1n) is 6.16. The molecule has 1 aliphatic heterocycles. The number of rotatable bonds is 1. The number of piperazine rings is 1. The predicted molar refractivity (Wildman–Crippen MR) is 81.8 cm³/mol. The van der Waals surface area contributed by atoms with Crippen molar-refractivity contribution in [1.82, 2.24) is 9.80 Å². The third-order valence-corrected chi connectivity index (χ3v) is 4.35. The Hall–Kier alpha value is -0.620. The van der Waals surface area contributed by atoms with Crippen molar-refractivity contribution >= 4 is 28.5 Å². The molecule has 1 fully saturated rings. The molecular weight excluding hydrogens is 339 g/mol. The summed E-state index contributed by atoms with van der Waals surface area (Å²) in [6.07, 6.45) is 0. The Labute approximate surface area is 122 Å². The molecule has 1 aromatic rings. The highest BCUT2D eigenvalue weighted by atomic mass is 127. The van der Waals surface area contributed by atoms with Gasteiger partial charge in [-0.05, 0) is 61.7 Å². The van der Waals surface area contributed by atoms with Crippen LogP contribution in [0.2, 0.25) is 0 Å². The molecule has 3 nitrogen and oxygen atoms in total. The zero-order valence-corrected chi connectivity index (χ0v) is 13.3. The maximum absolute atomic E-state index is 12.5. The van der Waals surface area contributed by atoms with E-state index >= 15 is 0 Å². The molecule has 0 aliphatic carbocycles. The van der Waals surface area contributed by atoms with Gasteiger partial charge in [-0.25, -0.2) is 0 Å². The van der Waals surface area contributed by atoms with E-state index in [0.29, 0.717) is 0 Å². The summed E-state index contributed by atoms with van der Waals surface area (Å²) in [6.45, 7) is 6.89. The molecule has 1 aromatic carbocycles. The number of carbonyl (C=O) groups is 1. The summed E-state index contributed by atoms with van der Waals surface area (Å²) in [5.74, 6) is 0.148. The Bertz CT molecular complexity index is 459. The number of benzene rings is 1. The van der Waals surface area contributed by atoms with Crippen molar-refractivity contribution in [3.63, 3.8) is 0 Å². The van der Waals surface area contributed by atoms with E-state index in [0.717, 1.165) is 28.8 Å². The highest BCUT2D eigenvalue weighted by Crippen LogP contribution is 2.20. The maximum atomic E-state index is 12.5. The molecule has 0 radical (unpaired) electrons. The lowest BCUT2D eigenvalue weighted by atomic mass is 9.99. The number of likely N-dealkylation sites (N-methyl/N-ethyl adjacent to an activating group) is 1. The van der Waals surface area contributed by atoms with Crippen LogP contribution in [0.5, 0.6) is 0 Å². The molecule has 4 heteroatoms. The van der Waals surface area contributed by atoms with Gasteiger partial charge in [0.2, 0.25) is 0 Å². The molecule has 0 saturated carbocycles. The van der Waals surface area contributed by atoms with Gasteiger partial charge in [0, 0.05) is 34.3 Å². The number of nitrogens with zero attached hydrogens (tertiary/aromatic N) is 2. The van der Waals surface area contributed by atoms with Crippen molar-refractivity contribution in [3.8, 4) is 0 Å². The van der Waals surface area contributed by atoms with Crippen LogP contribution in [0.15, 0.2) is 24.3 Å². The summed E-state index contributed by atoms with van der Waals surface area (Å²) in [5, 5.41) is 0. The van der Waals surface area contributed by atoms with Crippen LogP contribution in [0.25, 0.3) is 0 Å². The van der Waals surface area contributed by atoms with Crippen LogP contribution in [-0.4, -0.2) is 47.9 Å². The monoisotopic (exact) mass is 358 g/mol. The van der Waals surface area contributed by atoms with Crippen LogP contribution in [-0.2, 0) is 0 Å². The van der Waals surface area contributed by atoms with Crippen LogP contribution < -0.4 is 0 Å². The van der Waals surface area contributed by atoms with Crippen molar-refractivity contribution in [3.05, 3.63) is 33.4 Å². The fourth-order valence-electron chi connectivity index (χ4n) is 2.22. The summed E-state index contributed by atoms with van der Waals surface area (Å²) in [5.41, 5.74) is 0.845. The minimum absolute atomic E-state index is 0.0514. The maximum Gasteiger partial charge on any atom is 0.253 e. The van der Waals surface area contributed by atoms with Gasteiger partial charge >= 0.3 is 0 Å². The Balaban J connectivity index is 2.15. The summed E-state index contributed by atoms with van der Waals surface area (Å²) in [4.78, 5) is 16.7. The first-order chi connectivity index (χ1) is 8.40. The van der Waals surface area contributed by atoms with Crippen molar-refractivity contribution in [1.29, 1.82) is 0 Å². The van der Waals surface area contributed by atoms with E-state index in [2.05, 4.69) is 48.4 Å². The van der Waals surface area contributed by atoms with E-state index in [9.17, 15) is 4.79 Å². The van der Waals surface area contributed by atoms with Crippen LogP contribution >= 0.6 is 22.6 Å². The second-order valence-corrected chi connectivity index (χ2v) is 6.72. The van der Waals surface area contributed by atoms with Gasteiger partial charge in [0.05, 0.1) is 0 Å². The summed E-state index contributed by atoms with van der Waals surface area (Å²) < 4.78 is 1.10. The van der Waals surface area contributed by atoms with Gasteiger partial charge in [-0.15, -0.1) is 0 Å². The van der Waals surface area contributed by atoms with Gasteiger partial charge in [-0.3, -0.25) is 9.69 Å². The molecule has 0 aromatic heterocycles. The number of carbonyl (C=O) groups excluding carboxylic acids is 1. The fraction of sp³-hybridized carbons (Fsp3) is 0.500. The standard InChI is InChI=1S/C14H19IN2O/c1-14(2)10-17(8-7-16(14)3)13(18)11-5-4-6-12(15)9-11/h4-6,9H,7-8,10H2,1-3H3. The topological polar surface area (TPSA) is 23.6 Å². The Morgan fingerprint density at radius 3 is 2.67 bits per heavy atom. The molecule has 0 atom stereocenters. The van der Waals surface area contributed by atoms with Gasteiger partial charge in [-0.2, -0.15) is 0 Å². The Morgan fingerprint density at radius 1 is 1.33 bits per heavy atom. The summed E-state index contributed by atoms with van der Waals surface area (Å²) >= 11 is 2.24. The smallest absolute Gasteiger partial charge is 0.253 e. The zero-order chi connectivity index (χ0) is 13.3. The summed E-state index contributed by atoms with van der Waals surface area (Å²) in [6, 6.07) is 7.80. The molecular formula is C14H19IN2O. The average molecular weight is 358 g/mol. The minimum atomic E-state index is 0.0514. The van der Waals surface area contributed by atoms with Gasteiger partial charge < -0.3 is 4.90 Å². The molecule has 0 bridgehead atoms. The molecule has 18 heavy (non-hydrogen) atoms. The van der Waals surface area contributed by atoms with E-state index in [1.165, 1.54) is 0 Å². The van der Waals surface area contributed by atoms with E-state index in [1.807, 2.05) is 29.2 Å². The summed E-state index contributed by atoms with van der Waals surface area (Å²) in [7, 11) is 2.12. The van der Waals surface area contributed by atoms with E-state index < -0.39 is 0 Å². The Kier molecular flexibility index (Phi) is 3.96. The van der Waals surface area contributed by atoms with Crippen molar-refractivity contribution in [2.45, 2.75) is 19.4 Å². The highest BCUT2D eigenvalue weighted by Gasteiger charge is 2.33. The second kappa shape index (κ2) is 5.17. The van der Waals surface area contributed by atoms with E-state index in [1.54, 1.807) is 0 Å². The minimum Gasteiger partial charge on any atom is -0.336 e. The molecule has 2 rings (SSSR count). The van der Waals surface area contributed by atoms with E-state index in [-0.39, 0.29) is 11.4 Å². The largest absolute Gasteiger partial charge is 0.336 e. The third-order valence-electron chi connectivity index (χ3n) is 3.68. The lowest BCUT2D eigenvalue weighted by Gasteiger charge is -2.45. The number of amides is 1. The van der Waals surface area contributed by atoms with Gasteiger partial charge in [0.15, 0.2) is 0 Å². The van der Waals surface area contributed by atoms with Crippen LogP contribution in [0.3, 0.4) is 0 Å². The van der Waals surface area contributed by atoms with Crippen molar-refractivity contribution in [2.75, 3.05) is 26.7 Å². The second-order valence-electron chi connectivity index (χ2n) is 5.47. The first kappa shape index (κ1) is 13.8. The SMILES string of the molecule is CN1CCN(C(=O)c2cccc(I)c2)CC1(C)C. The van der Waals surface area contributed by atoms with Crippen LogP contribution in [0, 0.1) is 3.57 Å². The van der Waals surface area contributed by atoms with Crippen LogP contribution in [0.1, 0.15) is 24.2 Å². The molecule has 1 amide bonds. The van der Waals surface area contributed by atoms with Crippen molar-refractivity contribution < 1.29 is 4.79 Å². The average Bonchev–Trinajstić information content (AvgIpc) is 2.31. The highest BCUT2D eigenvalue weighted by molar-refractivity contribution is 14.1. The lowest BCUT2D eigenvalue weighted by Crippen LogP contribution is -2.58. The number of halogens is 1. The fourth-order valence-corrected chi connectivity index (χ4v) is 2.76. The van der Waals surface area contributed by atoms with Crippen LogP contribution in [0.4, 0.5) is 0 Å². The molecule has 0 unspecified atom stereocenters. The molecule has 0 spiro atoms. The van der Waals surface area contributed by atoms with Gasteiger partial charge in [0.1, 0.15) is 0 Å². The normalized spacial score (nSPS) is 19.9. The van der Waals surface area contributed by atoms with Gasteiger partial charge in [0.25, 0.3) is 5.91 Å².